The van der Waals surface area contributed by atoms with E-state index in [0.29, 0.717) is 43.4 Å². The minimum Gasteiger partial charge on any atom is -0.493 e. The van der Waals surface area contributed by atoms with Crippen LogP contribution < -0.4 is 25.3 Å². The molecule has 0 saturated carbocycles. The number of hydrogen-bond donors (Lipinski definition) is 2. The smallest absolute Gasteiger partial charge is 0.231 e. The summed E-state index contributed by atoms with van der Waals surface area (Å²) in [5.74, 6) is 1.97. The van der Waals surface area contributed by atoms with Crippen LogP contribution in [0.4, 0.5) is 0 Å². The second-order valence-corrected chi connectivity index (χ2v) is 3.75. The van der Waals surface area contributed by atoms with Crippen LogP contribution in [-0.4, -0.2) is 32.4 Å². The number of fused-ring (bicyclic) bond motifs is 1. The van der Waals surface area contributed by atoms with E-state index in [1.807, 2.05) is 0 Å². The molecule has 1 aliphatic heterocycles. The highest BCUT2D eigenvalue weighted by molar-refractivity contribution is 5.75. The zero-order valence-electron chi connectivity index (χ0n) is 9.98. The molecule has 0 fully saturated rings. The molecule has 0 atom stereocenters. The van der Waals surface area contributed by atoms with Crippen molar-refractivity contribution in [2.24, 2.45) is 5.73 Å². The maximum Gasteiger partial charge on any atom is 0.231 e. The standard InChI is InChI=1S/C12H16N2O4/c13-4-5-14-12(15)3-6-16-9-1-2-10-11(7-9)18-8-17-10/h1-2,7H,3-6,8,13H2,(H,14,15). The molecule has 0 radical (unpaired) electrons. The van der Waals surface area contributed by atoms with Crippen molar-refractivity contribution in [2.75, 3.05) is 26.5 Å². The minimum absolute atomic E-state index is 0.0683. The van der Waals surface area contributed by atoms with Crippen LogP contribution >= 0.6 is 0 Å². The van der Waals surface area contributed by atoms with Crippen molar-refractivity contribution >= 4 is 5.91 Å². The molecule has 3 N–H and O–H groups in total. The van der Waals surface area contributed by atoms with Crippen LogP contribution in [0.5, 0.6) is 17.2 Å². The Morgan fingerprint density at radius 3 is 3.06 bits per heavy atom. The summed E-state index contributed by atoms with van der Waals surface area (Å²) in [6.45, 7) is 1.48. The zero-order valence-corrected chi connectivity index (χ0v) is 9.98. The summed E-state index contributed by atoms with van der Waals surface area (Å²) in [6, 6.07) is 5.32. The van der Waals surface area contributed by atoms with Gasteiger partial charge in [0.15, 0.2) is 11.5 Å². The zero-order chi connectivity index (χ0) is 12.8. The van der Waals surface area contributed by atoms with Gasteiger partial charge in [0.2, 0.25) is 12.7 Å². The van der Waals surface area contributed by atoms with E-state index in [1.54, 1.807) is 18.2 Å². The minimum atomic E-state index is -0.0683. The van der Waals surface area contributed by atoms with Crippen LogP contribution in [0.25, 0.3) is 0 Å². The van der Waals surface area contributed by atoms with E-state index in [1.165, 1.54) is 0 Å². The van der Waals surface area contributed by atoms with E-state index < -0.39 is 0 Å². The summed E-state index contributed by atoms with van der Waals surface area (Å²) >= 11 is 0. The third-order valence-corrected chi connectivity index (χ3v) is 2.41. The maximum atomic E-state index is 11.3. The van der Waals surface area contributed by atoms with Crippen molar-refractivity contribution < 1.29 is 19.0 Å². The Morgan fingerprint density at radius 1 is 1.39 bits per heavy atom. The average Bonchev–Trinajstić information content (AvgIpc) is 2.83. The lowest BCUT2D eigenvalue weighted by Gasteiger charge is -2.07. The van der Waals surface area contributed by atoms with Crippen molar-refractivity contribution in [2.45, 2.75) is 6.42 Å². The number of rotatable bonds is 6. The van der Waals surface area contributed by atoms with E-state index >= 15 is 0 Å². The number of carbonyl (C=O) groups excluding carboxylic acids is 1. The van der Waals surface area contributed by atoms with Crippen LogP contribution in [0.15, 0.2) is 18.2 Å². The largest absolute Gasteiger partial charge is 0.493 e. The van der Waals surface area contributed by atoms with Gasteiger partial charge in [-0.2, -0.15) is 0 Å². The summed E-state index contributed by atoms with van der Waals surface area (Å²) in [5, 5.41) is 2.67. The molecular formula is C12H16N2O4. The van der Waals surface area contributed by atoms with Crippen molar-refractivity contribution in [1.82, 2.24) is 5.32 Å². The van der Waals surface area contributed by atoms with Crippen molar-refractivity contribution in [3.63, 3.8) is 0 Å². The predicted octanol–water partition coefficient (Wildman–Crippen LogP) is 0.259. The number of hydrogen-bond acceptors (Lipinski definition) is 5. The highest BCUT2D eigenvalue weighted by atomic mass is 16.7. The molecule has 1 amide bonds. The summed E-state index contributed by atoms with van der Waals surface area (Å²) in [6.07, 6.45) is 0.300. The molecule has 18 heavy (non-hydrogen) atoms. The summed E-state index contributed by atoms with van der Waals surface area (Å²) in [7, 11) is 0. The Bertz CT molecular complexity index is 423. The first-order chi connectivity index (χ1) is 8.79. The Hall–Kier alpha value is -1.95. The normalized spacial score (nSPS) is 12.3. The third-order valence-electron chi connectivity index (χ3n) is 2.41. The van der Waals surface area contributed by atoms with Gasteiger partial charge in [0.25, 0.3) is 0 Å². The van der Waals surface area contributed by atoms with Gasteiger partial charge in [-0.3, -0.25) is 4.79 Å². The molecule has 6 nitrogen and oxygen atoms in total. The lowest BCUT2D eigenvalue weighted by atomic mass is 10.3. The molecule has 0 saturated heterocycles. The highest BCUT2D eigenvalue weighted by Crippen LogP contribution is 2.34. The van der Waals surface area contributed by atoms with Gasteiger partial charge in [-0.15, -0.1) is 0 Å². The van der Waals surface area contributed by atoms with Gasteiger partial charge >= 0.3 is 0 Å². The summed E-state index contributed by atoms with van der Waals surface area (Å²) < 4.78 is 15.9. The van der Waals surface area contributed by atoms with Gasteiger partial charge in [0.05, 0.1) is 13.0 Å². The van der Waals surface area contributed by atoms with Gasteiger partial charge in [0, 0.05) is 19.2 Å². The van der Waals surface area contributed by atoms with Crippen LogP contribution in [0.2, 0.25) is 0 Å². The van der Waals surface area contributed by atoms with E-state index in [9.17, 15) is 4.79 Å². The first-order valence-electron chi connectivity index (χ1n) is 5.79. The van der Waals surface area contributed by atoms with Gasteiger partial charge in [-0.25, -0.2) is 0 Å². The number of nitrogens with two attached hydrogens (primary N) is 1. The molecule has 2 rings (SSSR count). The Morgan fingerprint density at radius 2 is 2.22 bits per heavy atom. The molecule has 0 aliphatic carbocycles. The number of nitrogens with one attached hydrogen (secondary N) is 1. The monoisotopic (exact) mass is 252 g/mol. The molecule has 0 aromatic heterocycles. The first kappa shape index (κ1) is 12.5. The average molecular weight is 252 g/mol. The highest BCUT2D eigenvalue weighted by Gasteiger charge is 2.13. The second kappa shape index (κ2) is 6.11. The van der Waals surface area contributed by atoms with Gasteiger partial charge in [-0.1, -0.05) is 0 Å². The molecule has 1 aromatic carbocycles. The summed E-state index contributed by atoms with van der Waals surface area (Å²) in [4.78, 5) is 11.3. The number of carbonyl (C=O) groups is 1. The van der Waals surface area contributed by atoms with Crippen LogP contribution in [-0.2, 0) is 4.79 Å². The molecule has 6 heteroatoms. The van der Waals surface area contributed by atoms with Crippen LogP contribution in [0.1, 0.15) is 6.42 Å². The number of amides is 1. The Balaban J connectivity index is 1.75. The fourth-order valence-corrected chi connectivity index (χ4v) is 1.53. The second-order valence-electron chi connectivity index (χ2n) is 3.75. The number of benzene rings is 1. The molecule has 98 valence electrons. The molecule has 0 unspecified atom stereocenters. The van der Waals surface area contributed by atoms with E-state index in [4.69, 9.17) is 19.9 Å². The fourth-order valence-electron chi connectivity index (χ4n) is 1.53. The van der Waals surface area contributed by atoms with Gasteiger partial charge < -0.3 is 25.3 Å². The quantitative estimate of drug-likeness (QED) is 0.758. The molecule has 1 aliphatic rings. The van der Waals surface area contributed by atoms with Crippen LogP contribution in [0, 0.1) is 0 Å². The maximum absolute atomic E-state index is 11.3. The number of ether oxygens (including phenoxy) is 3. The molecular weight excluding hydrogens is 236 g/mol. The SMILES string of the molecule is NCCNC(=O)CCOc1ccc2c(c1)OCO2. The van der Waals surface area contributed by atoms with E-state index in [0.717, 1.165) is 0 Å². The molecule has 0 bridgehead atoms. The van der Waals surface area contributed by atoms with Crippen LogP contribution in [0.3, 0.4) is 0 Å². The topological polar surface area (TPSA) is 82.8 Å². The molecule has 0 spiro atoms. The van der Waals surface area contributed by atoms with Crippen molar-refractivity contribution in [1.29, 1.82) is 0 Å². The Labute approximate surface area is 105 Å². The summed E-state index contributed by atoms with van der Waals surface area (Å²) in [5.41, 5.74) is 5.28. The van der Waals surface area contributed by atoms with Crippen molar-refractivity contribution in [3.05, 3.63) is 18.2 Å². The molecule has 1 aromatic rings. The van der Waals surface area contributed by atoms with E-state index in [2.05, 4.69) is 5.32 Å². The third kappa shape index (κ3) is 3.27. The lowest BCUT2D eigenvalue weighted by molar-refractivity contribution is -0.121. The molecule has 1 heterocycles. The lowest BCUT2D eigenvalue weighted by Crippen LogP contribution is -2.29. The van der Waals surface area contributed by atoms with Gasteiger partial charge in [0.1, 0.15) is 5.75 Å². The Kier molecular flexibility index (Phi) is 4.25. The first-order valence-corrected chi connectivity index (χ1v) is 5.79. The fraction of sp³-hybridized carbons (Fsp3) is 0.417. The van der Waals surface area contributed by atoms with Crippen molar-refractivity contribution in [3.8, 4) is 17.2 Å². The predicted molar refractivity (Wildman–Crippen MR) is 64.7 cm³/mol. The van der Waals surface area contributed by atoms with Gasteiger partial charge in [-0.05, 0) is 12.1 Å². The van der Waals surface area contributed by atoms with E-state index in [-0.39, 0.29) is 12.7 Å².